The number of β-amino-alcohol motifs (C(OH)–C–C–N with tert-alkyl or cyclic N) is 1. The molecule has 0 amide bonds. The molecule has 1 saturated carbocycles. The molecule has 2 fully saturated rings. The number of benzene rings is 1. The summed E-state index contributed by atoms with van der Waals surface area (Å²) in [5.41, 5.74) is 1.26. The molecule has 2 aliphatic rings. The first-order valence-electron chi connectivity index (χ1n) is 11.1. The molecule has 6 heteroatoms. The molecule has 6 nitrogen and oxygen atoms in total. The highest BCUT2D eigenvalue weighted by Crippen LogP contribution is 2.20. The van der Waals surface area contributed by atoms with Crippen molar-refractivity contribution in [1.82, 2.24) is 10.2 Å². The number of aliphatic hydroxyl groups excluding tert-OH is 1. The Hall–Kier alpha value is -1.63. The topological polar surface area (TPSA) is 71.0 Å². The van der Waals surface area contributed by atoms with Crippen LogP contribution in [0.15, 0.2) is 24.3 Å². The number of carbonyl (C=O) groups excluding carboxylic acids is 1. The maximum absolute atomic E-state index is 11.6. The lowest BCUT2D eigenvalue weighted by molar-refractivity contribution is -0.147. The highest BCUT2D eigenvalue weighted by Gasteiger charge is 2.26. The Morgan fingerprint density at radius 3 is 2.48 bits per heavy atom. The monoisotopic (exact) mass is 404 g/mol. The zero-order chi connectivity index (χ0) is 20.5. The molecule has 0 radical (unpaired) electrons. The van der Waals surface area contributed by atoms with E-state index in [0.717, 1.165) is 38.2 Å². The molecule has 0 unspecified atom stereocenters. The smallest absolute Gasteiger partial charge is 0.308 e. The summed E-state index contributed by atoms with van der Waals surface area (Å²) in [4.78, 5) is 13.8. The number of piperidine rings is 1. The van der Waals surface area contributed by atoms with Crippen molar-refractivity contribution in [3.05, 3.63) is 29.8 Å². The van der Waals surface area contributed by atoms with Crippen LogP contribution in [0.2, 0.25) is 0 Å². The summed E-state index contributed by atoms with van der Waals surface area (Å²) in [6.45, 7) is 3.35. The molecule has 0 aromatic heterocycles. The van der Waals surface area contributed by atoms with Gasteiger partial charge in [0.15, 0.2) is 0 Å². The minimum Gasteiger partial charge on any atom is -0.491 e. The zero-order valence-electron chi connectivity index (χ0n) is 17.6. The van der Waals surface area contributed by atoms with Gasteiger partial charge in [0.2, 0.25) is 0 Å². The van der Waals surface area contributed by atoms with Crippen LogP contribution in [0.5, 0.6) is 5.75 Å². The SMILES string of the molecule is COC(=O)C1CCN(C[C@@H](O)COc2ccc(CNC3CCCCC3)cc2)CC1. The first-order valence-corrected chi connectivity index (χ1v) is 11.1. The molecule has 162 valence electrons. The van der Waals surface area contributed by atoms with Crippen LogP contribution >= 0.6 is 0 Å². The van der Waals surface area contributed by atoms with E-state index in [9.17, 15) is 9.90 Å². The van der Waals surface area contributed by atoms with E-state index in [0.29, 0.717) is 12.6 Å². The number of ether oxygens (including phenoxy) is 2. The number of hydrogen-bond acceptors (Lipinski definition) is 6. The fourth-order valence-electron chi connectivity index (χ4n) is 4.33. The molecule has 1 heterocycles. The Morgan fingerprint density at radius 1 is 1.14 bits per heavy atom. The van der Waals surface area contributed by atoms with Crippen LogP contribution in [0, 0.1) is 5.92 Å². The molecule has 1 aliphatic heterocycles. The summed E-state index contributed by atoms with van der Waals surface area (Å²) in [5.74, 6) is 0.663. The van der Waals surface area contributed by atoms with Crippen LogP contribution in [-0.2, 0) is 16.1 Å². The molecule has 0 bridgehead atoms. The van der Waals surface area contributed by atoms with Gasteiger partial charge in [-0.25, -0.2) is 0 Å². The Morgan fingerprint density at radius 2 is 1.83 bits per heavy atom. The summed E-state index contributed by atoms with van der Waals surface area (Å²) >= 11 is 0. The van der Waals surface area contributed by atoms with Crippen LogP contribution in [0.1, 0.15) is 50.5 Å². The van der Waals surface area contributed by atoms with Crippen molar-refractivity contribution in [3.8, 4) is 5.75 Å². The average molecular weight is 405 g/mol. The number of esters is 1. The lowest BCUT2D eigenvalue weighted by Crippen LogP contribution is -2.42. The van der Waals surface area contributed by atoms with E-state index in [1.807, 2.05) is 12.1 Å². The molecule has 3 rings (SSSR count). The van der Waals surface area contributed by atoms with E-state index in [1.165, 1.54) is 44.8 Å². The number of methoxy groups -OCH3 is 1. The van der Waals surface area contributed by atoms with Crippen LogP contribution in [0.25, 0.3) is 0 Å². The van der Waals surface area contributed by atoms with Crippen molar-refractivity contribution < 1.29 is 19.4 Å². The van der Waals surface area contributed by atoms with Gasteiger partial charge < -0.3 is 24.8 Å². The van der Waals surface area contributed by atoms with Gasteiger partial charge in [-0.3, -0.25) is 4.79 Å². The highest BCUT2D eigenvalue weighted by atomic mass is 16.5. The fourth-order valence-corrected chi connectivity index (χ4v) is 4.33. The fraction of sp³-hybridized carbons (Fsp3) is 0.696. The van der Waals surface area contributed by atoms with E-state index < -0.39 is 6.10 Å². The number of nitrogens with one attached hydrogen (secondary N) is 1. The lowest BCUT2D eigenvalue weighted by Gasteiger charge is -2.31. The minimum absolute atomic E-state index is 0.00393. The van der Waals surface area contributed by atoms with Gasteiger partial charge in [-0.15, -0.1) is 0 Å². The van der Waals surface area contributed by atoms with E-state index in [1.54, 1.807) is 0 Å². The number of likely N-dealkylation sites (tertiary alicyclic amines) is 1. The summed E-state index contributed by atoms with van der Waals surface area (Å²) < 4.78 is 10.6. The number of aliphatic hydroxyl groups is 1. The number of carbonyl (C=O) groups is 1. The number of rotatable bonds is 9. The van der Waals surface area contributed by atoms with Crippen LogP contribution < -0.4 is 10.1 Å². The molecule has 1 atom stereocenters. The van der Waals surface area contributed by atoms with Crippen molar-refractivity contribution in [1.29, 1.82) is 0 Å². The summed E-state index contributed by atoms with van der Waals surface area (Å²) in [7, 11) is 1.44. The molecule has 29 heavy (non-hydrogen) atoms. The van der Waals surface area contributed by atoms with Crippen molar-refractivity contribution >= 4 is 5.97 Å². The van der Waals surface area contributed by atoms with Crippen molar-refractivity contribution in [2.24, 2.45) is 5.92 Å². The molecule has 1 aromatic rings. The van der Waals surface area contributed by atoms with Gasteiger partial charge in [0.05, 0.1) is 13.0 Å². The van der Waals surface area contributed by atoms with Crippen molar-refractivity contribution in [3.63, 3.8) is 0 Å². The Balaban J connectivity index is 1.32. The van der Waals surface area contributed by atoms with Gasteiger partial charge in [-0.1, -0.05) is 31.4 Å². The summed E-state index contributed by atoms with van der Waals surface area (Å²) in [6.07, 6.45) is 7.68. The van der Waals surface area contributed by atoms with Crippen LogP contribution in [0.3, 0.4) is 0 Å². The Kier molecular flexibility index (Phi) is 8.77. The third-order valence-corrected chi connectivity index (χ3v) is 6.16. The highest BCUT2D eigenvalue weighted by molar-refractivity contribution is 5.72. The van der Waals surface area contributed by atoms with Gasteiger partial charge in [0.1, 0.15) is 18.5 Å². The second-order valence-corrected chi connectivity index (χ2v) is 8.42. The zero-order valence-corrected chi connectivity index (χ0v) is 17.6. The molecular weight excluding hydrogens is 368 g/mol. The predicted octanol–water partition coefficient (Wildman–Crippen LogP) is 2.73. The molecule has 0 spiro atoms. The lowest BCUT2D eigenvalue weighted by atomic mass is 9.95. The van der Waals surface area contributed by atoms with Crippen LogP contribution in [0.4, 0.5) is 0 Å². The van der Waals surface area contributed by atoms with E-state index >= 15 is 0 Å². The van der Waals surface area contributed by atoms with Gasteiger partial charge >= 0.3 is 5.97 Å². The third-order valence-electron chi connectivity index (χ3n) is 6.16. The van der Waals surface area contributed by atoms with Crippen molar-refractivity contribution in [2.75, 3.05) is 33.4 Å². The second-order valence-electron chi connectivity index (χ2n) is 8.42. The van der Waals surface area contributed by atoms with E-state index in [4.69, 9.17) is 9.47 Å². The summed E-state index contributed by atoms with van der Waals surface area (Å²) in [6, 6.07) is 8.80. The standard InChI is InChI=1S/C23H36N2O4/c1-28-23(27)19-11-13-25(14-12-19)16-21(26)17-29-22-9-7-18(8-10-22)15-24-20-5-3-2-4-6-20/h7-10,19-21,24,26H,2-6,11-17H2,1H3/t21-/m1/s1. The van der Waals surface area contributed by atoms with Gasteiger partial charge in [0.25, 0.3) is 0 Å². The maximum atomic E-state index is 11.6. The van der Waals surface area contributed by atoms with E-state index in [-0.39, 0.29) is 18.5 Å². The largest absolute Gasteiger partial charge is 0.491 e. The van der Waals surface area contributed by atoms with Crippen LogP contribution in [-0.4, -0.2) is 61.5 Å². The molecule has 2 N–H and O–H groups in total. The average Bonchev–Trinajstić information content (AvgIpc) is 2.77. The first kappa shape index (κ1) is 22.1. The quantitative estimate of drug-likeness (QED) is 0.617. The first-order chi connectivity index (χ1) is 14.1. The maximum Gasteiger partial charge on any atom is 0.308 e. The number of nitrogens with zero attached hydrogens (tertiary/aromatic N) is 1. The molecule has 1 aliphatic carbocycles. The number of hydrogen-bond donors (Lipinski definition) is 2. The van der Waals surface area contributed by atoms with Gasteiger partial charge in [0, 0.05) is 19.1 Å². The normalized spacial score (nSPS) is 20.3. The Bertz CT molecular complexity index is 608. The molecule has 1 saturated heterocycles. The van der Waals surface area contributed by atoms with Gasteiger partial charge in [-0.05, 0) is 56.5 Å². The third kappa shape index (κ3) is 7.28. The summed E-state index contributed by atoms with van der Waals surface area (Å²) in [5, 5.41) is 14.0. The van der Waals surface area contributed by atoms with Crippen molar-refractivity contribution in [2.45, 2.75) is 63.6 Å². The van der Waals surface area contributed by atoms with E-state index in [2.05, 4.69) is 22.3 Å². The molecular formula is C23H36N2O4. The predicted molar refractivity (Wildman–Crippen MR) is 113 cm³/mol. The second kappa shape index (κ2) is 11.5. The Labute approximate surface area is 174 Å². The molecule has 1 aromatic carbocycles. The van der Waals surface area contributed by atoms with Gasteiger partial charge in [-0.2, -0.15) is 0 Å². The minimum atomic E-state index is -0.544.